The lowest BCUT2D eigenvalue weighted by Gasteiger charge is -2.19. The third kappa shape index (κ3) is 3.58. The van der Waals surface area contributed by atoms with E-state index >= 15 is 0 Å². The number of benzene rings is 2. The number of anilines is 2. The zero-order valence-electron chi connectivity index (χ0n) is 14.1. The van der Waals surface area contributed by atoms with Gasteiger partial charge >= 0.3 is 0 Å². The van der Waals surface area contributed by atoms with Crippen LogP contribution in [0.15, 0.2) is 30.3 Å². The maximum absolute atomic E-state index is 13.3. The summed E-state index contributed by atoms with van der Waals surface area (Å²) in [4.78, 5) is 25.6. The van der Waals surface area contributed by atoms with Crippen molar-refractivity contribution in [3.63, 3.8) is 0 Å². The van der Waals surface area contributed by atoms with Crippen molar-refractivity contribution >= 4 is 23.1 Å². The van der Waals surface area contributed by atoms with Crippen molar-refractivity contribution in [2.45, 2.75) is 6.92 Å². The van der Waals surface area contributed by atoms with Crippen LogP contribution in [0.25, 0.3) is 0 Å². The van der Waals surface area contributed by atoms with Crippen molar-refractivity contribution in [3.8, 4) is 11.5 Å². The van der Waals surface area contributed by atoms with Gasteiger partial charge in [-0.05, 0) is 25.1 Å². The van der Waals surface area contributed by atoms with E-state index < -0.39 is 17.5 Å². The van der Waals surface area contributed by atoms with Crippen molar-refractivity contribution in [3.05, 3.63) is 47.5 Å². The van der Waals surface area contributed by atoms with E-state index in [1.165, 1.54) is 30.0 Å². The lowest BCUT2D eigenvalue weighted by molar-refractivity contribution is -0.114. The van der Waals surface area contributed by atoms with E-state index in [1.807, 2.05) is 0 Å². The number of halogens is 2. The Labute approximate surface area is 148 Å². The number of nitrogens with zero attached hydrogens (tertiary/aromatic N) is 1. The van der Waals surface area contributed by atoms with Crippen LogP contribution in [0.4, 0.5) is 20.2 Å². The van der Waals surface area contributed by atoms with Gasteiger partial charge in [-0.3, -0.25) is 9.59 Å². The predicted octanol–water partition coefficient (Wildman–Crippen LogP) is 2.97. The molecule has 0 bridgehead atoms. The third-order valence-corrected chi connectivity index (χ3v) is 3.89. The number of nitrogens with one attached hydrogen (secondary N) is 1. The summed E-state index contributed by atoms with van der Waals surface area (Å²) < 4.78 is 36.8. The molecule has 0 radical (unpaired) electrons. The van der Waals surface area contributed by atoms with Gasteiger partial charge in [0.2, 0.25) is 12.7 Å². The first-order chi connectivity index (χ1) is 12.3. The molecule has 1 aliphatic rings. The molecule has 2 aromatic rings. The second kappa shape index (κ2) is 6.99. The van der Waals surface area contributed by atoms with Crippen LogP contribution in [0, 0.1) is 11.6 Å². The SMILES string of the molecule is CC(=O)c1cc2c(cc1NC(=O)CN(C)c1ccc(F)c(F)c1)OCO2. The standard InChI is InChI=1S/C18H16F2N2O4/c1-10(23)12-6-16-17(26-9-25-16)7-15(12)21-18(24)8-22(2)11-3-4-13(19)14(20)5-11/h3-7H,8-9H2,1-2H3,(H,21,24). The van der Waals surface area contributed by atoms with E-state index in [0.29, 0.717) is 22.9 Å². The maximum atomic E-state index is 13.3. The Morgan fingerprint density at radius 2 is 1.81 bits per heavy atom. The van der Waals surface area contributed by atoms with Gasteiger partial charge in [-0.15, -0.1) is 0 Å². The van der Waals surface area contributed by atoms with Crippen LogP contribution in [-0.2, 0) is 4.79 Å². The van der Waals surface area contributed by atoms with Crippen molar-refractivity contribution in [1.82, 2.24) is 0 Å². The van der Waals surface area contributed by atoms with Crippen molar-refractivity contribution in [2.75, 3.05) is 30.6 Å². The minimum Gasteiger partial charge on any atom is -0.454 e. The van der Waals surface area contributed by atoms with Crippen LogP contribution in [0.5, 0.6) is 11.5 Å². The average Bonchev–Trinajstić information content (AvgIpc) is 3.03. The fourth-order valence-electron chi connectivity index (χ4n) is 2.56. The first-order valence-corrected chi connectivity index (χ1v) is 7.76. The number of amides is 1. The van der Waals surface area contributed by atoms with Crippen LogP contribution >= 0.6 is 0 Å². The highest BCUT2D eigenvalue weighted by molar-refractivity contribution is 6.05. The fraction of sp³-hybridized carbons (Fsp3) is 0.222. The number of ketones is 1. The Morgan fingerprint density at radius 1 is 1.12 bits per heavy atom. The highest BCUT2D eigenvalue weighted by atomic mass is 19.2. The monoisotopic (exact) mass is 362 g/mol. The molecule has 0 unspecified atom stereocenters. The molecule has 2 aromatic carbocycles. The first kappa shape index (κ1) is 17.7. The molecule has 0 fully saturated rings. The quantitative estimate of drug-likeness (QED) is 0.829. The zero-order chi connectivity index (χ0) is 18.8. The number of ether oxygens (including phenoxy) is 2. The second-order valence-electron chi connectivity index (χ2n) is 5.81. The Morgan fingerprint density at radius 3 is 2.46 bits per heavy atom. The average molecular weight is 362 g/mol. The number of carbonyl (C=O) groups is 2. The molecule has 1 N–H and O–H groups in total. The second-order valence-corrected chi connectivity index (χ2v) is 5.81. The van der Waals surface area contributed by atoms with Crippen LogP contribution in [0.2, 0.25) is 0 Å². The summed E-state index contributed by atoms with van der Waals surface area (Å²) in [5.74, 6) is -1.76. The zero-order valence-corrected chi connectivity index (χ0v) is 14.1. The minimum atomic E-state index is -0.996. The largest absolute Gasteiger partial charge is 0.454 e. The smallest absolute Gasteiger partial charge is 0.243 e. The molecule has 0 spiro atoms. The van der Waals surface area contributed by atoms with Crippen LogP contribution in [-0.4, -0.2) is 32.1 Å². The van der Waals surface area contributed by atoms with Gasteiger partial charge in [0.15, 0.2) is 28.9 Å². The molecule has 0 atom stereocenters. The predicted molar refractivity (Wildman–Crippen MR) is 90.8 cm³/mol. The molecule has 0 saturated carbocycles. The van der Waals surface area contributed by atoms with E-state index in [0.717, 1.165) is 12.1 Å². The number of hydrogen-bond donors (Lipinski definition) is 1. The number of likely N-dealkylation sites (N-methyl/N-ethyl adjacent to an activating group) is 1. The molecule has 1 heterocycles. The molecular weight excluding hydrogens is 346 g/mol. The maximum Gasteiger partial charge on any atom is 0.243 e. The molecule has 1 aliphatic heterocycles. The molecular formula is C18H16F2N2O4. The number of carbonyl (C=O) groups excluding carboxylic acids is 2. The summed E-state index contributed by atoms with van der Waals surface area (Å²) in [6.07, 6.45) is 0. The van der Waals surface area contributed by atoms with Crippen molar-refractivity contribution in [2.24, 2.45) is 0 Å². The molecule has 3 rings (SSSR count). The lowest BCUT2D eigenvalue weighted by atomic mass is 10.1. The van der Waals surface area contributed by atoms with Gasteiger partial charge in [-0.2, -0.15) is 0 Å². The third-order valence-electron chi connectivity index (χ3n) is 3.89. The highest BCUT2D eigenvalue weighted by Crippen LogP contribution is 2.37. The van der Waals surface area contributed by atoms with Crippen molar-refractivity contribution in [1.29, 1.82) is 0 Å². The topological polar surface area (TPSA) is 67.9 Å². The Bertz CT molecular complexity index is 886. The van der Waals surface area contributed by atoms with Gasteiger partial charge in [0.1, 0.15) is 0 Å². The Balaban J connectivity index is 1.75. The molecule has 136 valence electrons. The number of rotatable bonds is 5. The summed E-state index contributed by atoms with van der Waals surface area (Å²) in [6, 6.07) is 6.40. The molecule has 6 nitrogen and oxygen atoms in total. The summed E-state index contributed by atoms with van der Waals surface area (Å²) in [6.45, 7) is 1.29. The van der Waals surface area contributed by atoms with Gasteiger partial charge in [0.25, 0.3) is 0 Å². The van der Waals surface area contributed by atoms with Crippen molar-refractivity contribution < 1.29 is 27.8 Å². The molecule has 0 aromatic heterocycles. The van der Waals surface area contributed by atoms with E-state index in [1.54, 1.807) is 7.05 Å². The lowest BCUT2D eigenvalue weighted by Crippen LogP contribution is -2.30. The highest BCUT2D eigenvalue weighted by Gasteiger charge is 2.21. The number of hydrogen-bond acceptors (Lipinski definition) is 5. The van der Waals surface area contributed by atoms with E-state index in [2.05, 4.69) is 5.32 Å². The van der Waals surface area contributed by atoms with Gasteiger partial charge in [0.05, 0.1) is 12.2 Å². The molecule has 8 heteroatoms. The molecule has 1 amide bonds. The van der Waals surface area contributed by atoms with Gasteiger partial charge in [-0.1, -0.05) is 0 Å². The van der Waals surface area contributed by atoms with Crippen LogP contribution in [0.1, 0.15) is 17.3 Å². The van der Waals surface area contributed by atoms with Gasteiger partial charge in [0, 0.05) is 30.4 Å². The fourth-order valence-corrected chi connectivity index (χ4v) is 2.56. The van der Waals surface area contributed by atoms with E-state index in [-0.39, 0.29) is 24.7 Å². The van der Waals surface area contributed by atoms with Crippen LogP contribution < -0.4 is 19.7 Å². The summed E-state index contributed by atoms with van der Waals surface area (Å²) >= 11 is 0. The van der Waals surface area contributed by atoms with Crippen LogP contribution in [0.3, 0.4) is 0 Å². The van der Waals surface area contributed by atoms with E-state index in [4.69, 9.17) is 9.47 Å². The summed E-state index contributed by atoms with van der Waals surface area (Å²) in [7, 11) is 1.57. The first-order valence-electron chi connectivity index (χ1n) is 7.76. The molecule has 26 heavy (non-hydrogen) atoms. The molecule has 0 aliphatic carbocycles. The Hall–Kier alpha value is -3.16. The summed E-state index contributed by atoms with van der Waals surface area (Å²) in [5, 5.41) is 2.64. The number of Topliss-reactive ketones (excluding diaryl/α,β-unsaturated/α-hetero) is 1. The minimum absolute atomic E-state index is 0.0446. The summed E-state index contributed by atoms with van der Waals surface area (Å²) in [5.41, 5.74) is 0.931. The van der Waals surface area contributed by atoms with E-state index in [9.17, 15) is 18.4 Å². The van der Waals surface area contributed by atoms with Gasteiger partial charge < -0.3 is 19.7 Å². The van der Waals surface area contributed by atoms with Gasteiger partial charge in [-0.25, -0.2) is 8.78 Å². The molecule has 0 saturated heterocycles. The number of fused-ring (bicyclic) bond motifs is 1. The normalized spacial score (nSPS) is 12.0. The Kier molecular flexibility index (Phi) is 4.75.